The number of allylic oxidation sites excluding steroid dienone is 24. The molecule has 6 nitrogen and oxygen atoms in total. The molecule has 0 saturated heterocycles. The van der Waals surface area contributed by atoms with Crippen LogP contribution in [0, 0.1) is 0 Å². The Morgan fingerprint density at radius 3 is 0.831 bits per heavy atom. The van der Waals surface area contributed by atoms with Crippen LogP contribution in [0.4, 0.5) is 0 Å². The number of hydrogen-bond acceptors (Lipinski definition) is 6. The lowest BCUT2D eigenvalue weighted by atomic mass is 10.0. The number of ether oxygens (including phenoxy) is 3. The third-order valence-corrected chi connectivity index (χ3v) is 12.8. The molecule has 0 aromatic heterocycles. The second-order valence-corrected chi connectivity index (χ2v) is 20.2. The molecule has 0 aliphatic heterocycles. The van der Waals surface area contributed by atoms with Crippen LogP contribution < -0.4 is 0 Å². The molecule has 0 rings (SSSR count). The Morgan fingerprint density at radius 2 is 0.519 bits per heavy atom. The van der Waals surface area contributed by atoms with Crippen LogP contribution in [0.3, 0.4) is 0 Å². The minimum Gasteiger partial charge on any atom is -0.462 e. The first kappa shape index (κ1) is 72.3. The summed E-state index contributed by atoms with van der Waals surface area (Å²) in [5, 5.41) is 0. The second kappa shape index (κ2) is 63.8. The van der Waals surface area contributed by atoms with Crippen molar-refractivity contribution in [3.05, 3.63) is 146 Å². The van der Waals surface area contributed by atoms with Crippen LogP contribution in [0.5, 0.6) is 0 Å². The summed E-state index contributed by atoms with van der Waals surface area (Å²) >= 11 is 0. The van der Waals surface area contributed by atoms with E-state index in [1.54, 1.807) is 0 Å². The molecule has 434 valence electrons. The molecule has 0 amide bonds. The van der Waals surface area contributed by atoms with Gasteiger partial charge in [0.2, 0.25) is 0 Å². The van der Waals surface area contributed by atoms with E-state index in [9.17, 15) is 14.4 Å². The average molecular weight is 1060 g/mol. The molecule has 0 aliphatic rings. The molecule has 0 bridgehead atoms. The molecule has 0 saturated carbocycles. The predicted octanol–water partition coefficient (Wildman–Crippen LogP) is 21.5. The summed E-state index contributed by atoms with van der Waals surface area (Å²) in [5.41, 5.74) is 0. The molecule has 0 aromatic rings. The lowest BCUT2D eigenvalue weighted by Crippen LogP contribution is -2.30. The largest absolute Gasteiger partial charge is 0.462 e. The Kier molecular flexibility index (Phi) is 59.9. The predicted molar refractivity (Wildman–Crippen MR) is 334 cm³/mol. The van der Waals surface area contributed by atoms with E-state index >= 15 is 0 Å². The van der Waals surface area contributed by atoms with Crippen molar-refractivity contribution in [2.24, 2.45) is 0 Å². The number of esters is 3. The minimum atomic E-state index is -0.828. The number of rotatable bonds is 55. The summed E-state index contributed by atoms with van der Waals surface area (Å²) in [6.45, 7) is 6.35. The molecule has 0 fully saturated rings. The van der Waals surface area contributed by atoms with E-state index in [2.05, 4.69) is 167 Å². The third-order valence-electron chi connectivity index (χ3n) is 12.8. The van der Waals surface area contributed by atoms with Crippen molar-refractivity contribution in [2.45, 2.75) is 271 Å². The summed E-state index contributed by atoms with van der Waals surface area (Å²) < 4.78 is 16.8. The molecule has 0 heterocycles. The van der Waals surface area contributed by atoms with Crippen molar-refractivity contribution >= 4 is 17.9 Å². The van der Waals surface area contributed by atoms with E-state index in [-0.39, 0.29) is 37.5 Å². The van der Waals surface area contributed by atoms with Crippen LogP contribution in [-0.4, -0.2) is 37.2 Å². The van der Waals surface area contributed by atoms with Crippen molar-refractivity contribution in [1.82, 2.24) is 0 Å². The van der Waals surface area contributed by atoms with Gasteiger partial charge >= 0.3 is 17.9 Å². The highest BCUT2D eigenvalue weighted by atomic mass is 16.6. The number of carbonyl (C=O) groups excluding carboxylic acids is 3. The van der Waals surface area contributed by atoms with E-state index in [1.165, 1.54) is 89.9 Å². The van der Waals surface area contributed by atoms with Crippen molar-refractivity contribution < 1.29 is 28.6 Å². The molecule has 1 unspecified atom stereocenters. The first-order valence-corrected chi connectivity index (χ1v) is 31.3. The molecule has 0 aliphatic carbocycles. The third kappa shape index (κ3) is 62.0. The highest BCUT2D eigenvalue weighted by molar-refractivity contribution is 5.71. The SMILES string of the molecule is CC/C=C\C/C=C\C/C=C\C/C=C\C/C=C\C/C=C\C/C=C\CCCCCC(=O)OCC(COC(=O)CCCCCCCCCCCCCCCCCCC)OC(=O)CCC/C=C\C/C=C\C/C=C\C/C=C\C/C=C\CC. The van der Waals surface area contributed by atoms with E-state index < -0.39 is 6.10 Å². The van der Waals surface area contributed by atoms with Gasteiger partial charge in [-0.3, -0.25) is 14.4 Å². The smallest absolute Gasteiger partial charge is 0.306 e. The normalized spacial score (nSPS) is 13.1. The van der Waals surface area contributed by atoms with E-state index in [0.29, 0.717) is 19.3 Å². The summed E-state index contributed by atoms with van der Waals surface area (Å²) in [6.07, 6.45) is 91.4. The maximum atomic E-state index is 12.9. The lowest BCUT2D eigenvalue weighted by Gasteiger charge is -2.18. The fraction of sp³-hybridized carbons (Fsp3) is 0.620. The Bertz CT molecular complexity index is 1700. The zero-order chi connectivity index (χ0) is 55.7. The molecule has 77 heavy (non-hydrogen) atoms. The maximum Gasteiger partial charge on any atom is 0.306 e. The van der Waals surface area contributed by atoms with Gasteiger partial charge in [-0.1, -0.05) is 276 Å². The molecule has 1 atom stereocenters. The first-order valence-electron chi connectivity index (χ1n) is 31.3. The van der Waals surface area contributed by atoms with E-state index in [4.69, 9.17) is 14.2 Å². The van der Waals surface area contributed by atoms with Gasteiger partial charge in [0.1, 0.15) is 13.2 Å². The first-order chi connectivity index (χ1) is 38.0. The summed E-state index contributed by atoms with van der Waals surface area (Å²) in [4.78, 5) is 38.3. The summed E-state index contributed by atoms with van der Waals surface area (Å²) in [5.74, 6) is -1.01. The monoisotopic (exact) mass is 1060 g/mol. The van der Waals surface area contributed by atoms with Crippen molar-refractivity contribution in [3.8, 4) is 0 Å². The van der Waals surface area contributed by atoms with Crippen molar-refractivity contribution in [1.29, 1.82) is 0 Å². The Morgan fingerprint density at radius 1 is 0.273 bits per heavy atom. The molecule has 0 spiro atoms. The number of carbonyl (C=O) groups is 3. The van der Waals surface area contributed by atoms with Gasteiger partial charge in [-0.15, -0.1) is 0 Å². The highest BCUT2D eigenvalue weighted by Gasteiger charge is 2.19. The molecule has 0 aromatic carbocycles. The van der Waals surface area contributed by atoms with Crippen LogP contribution in [0.15, 0.2) is 146 Å². The van der Waals surface area contributed by atoms with Gasteiger partial charge in [-0.2, -0.15) is 0 Å². The zero-order valence-corrected chi connectivity index (χ0v) is 49.7. The average Bonchev–Trinajstić information content (AvgIpc) is 3.43. The van der Waals surface area contributed by atoms with E-state index in [0.717, 1.165) is 128 Å². The standard InChI is InChI=1S/C71H114O6/c1-4-7-10-13-16-19-22-25-28-31-32-33-34-35-36-37-38-41-43-46-49-52-55-58-61-64-70(73)76-67-68(77-71(74)65-62-59-56-53-50-47-44-40-30-27-24-21-18-15-12-9-6-3)66-75-69(72)63-60-57-54-51-48-45-42-39-29-26-23-20-17-14-11-8-5-2/h7,9-10,12,16,18-19,21,25,27-28,30,32-33,35-36,38,41,44,46-47,49,53,56,68H,4-6,8,11,13-15,17,20,22-24,26,29,31,34,37,39-40,42-43,45,48,50-52,54-55,57-67H2,1-3H3/b10-7-,12-9-,19-16-,21-18-,28-25-,30-27-,33-32-,36-35-,41-38-,47-44-,49-46-,56-53-. The van der Waals surface area contributed by atoms with Gasteiger partial charge in [-0.25, -0.2) is 0 Å². The molecule has 0 N–H and O–H groups in total. The van der Waals surface area contributed by atoms with Crippen LogP contribution in [0.25, 0.3) is 0 Å². The van der Waals surface area contributed by atoms with E-state index in [1.807, 2.05) is 0 Å². The quantitative estimate of drug-likeness (QED) is 0.0261. The Balaban J connectivity index is 4.52. The molecule has 0 radical (unpaired) electrons. The molecule has 6 heteroatoms. The van der Waals surface area contributed by atoms with Crippen LogP contribution in [0.2, 0.25) is 0 Å². The van der Waals surface area contributed by atoms with Gasteiger partial charge in [-0.05, 0) is 116 Å². The lowest BCUT2D eigenvalue weighted by molar-refractivity contribution is -0.167. The highest BCUT2D eigenvalue weighted by Crippen LogP contribution is 2.15. The van der Waals surface area contributed by atoms with Gasteiger partial charge in [0, 0.05) is 19.3 Å². The summed E-state index contributed by atoms with van der Waals surface area (Å²) in [7, 11) is 0. The van der Waals surface area contributed by atoms with Gasteiger partial charge in [0.15, 0.2) is 6.10 Å². The van der Waals surface area contributed by atoms with Crippen LogP contribution in [-0.2, 0) is 28.6 Å². The fourth-order valence-electron chi connectivity index (χ4n) is 8.22. The van der Waals surface area contributed by atoms with Gasteiger partial charge in [0.05, 0.1) is 0 Å². The van der Waals surface area contributed by atoms with Gasteiger partial charge in [0.25, 0.3) is 0 Å². The number of unbranched alkanes of at least 4 members (excludes halogenated alkanes) is 20. The fourth-order valence-corrected chi connectivity index (χ4v) is 8.22. The summed E-state index contributed by atoms with van der Waals surface area (Å²) in [6, 6.07) is 0. The maximum absolute atomic E-state index is 12.9. The second-order valence-electron chi connectivity index (χ2n) is 20.2. The van der Waals surface area contributed by atoms with Crippen molar-refractivity contribution in [3.63, 3.8) is 0 Å². The zero-order valence-electron chi connectivity index (χ0n) is 49.7. The Hall–Kier alpha value is -4.71. The minimum absolute atomic E-state index is 0.115. The molecular formula is C71H114O6. The molecular weight excluding hydrogens is 949 g/mol. The van der Waals surface area contributed by atoms with Crippen LogP contribution in [0.1, 0.15) is 265 Å². The van der Waals surface area contributed by atoms with Gasteiger partial charge < -0.3 is 14.2 Å². The topological polar surface area (TPSA) is 78.9 Å². The van der Waals surface area contributed by atoms with Crippen molar-refractivity contribution in [2.75, 3.05) is 13.2 Å². The van der Waals surface area contributed by atoms with Crippen LogP contribution >= 0.6 is 0 Å². The number of hydrogen-bond donors (Lipinski definition) is 0. The Labute approximate surface area is 474 Å².